The van der Waals surface area contributed by atoms with E-state index in [-0.39, 0.29) is 18.1 Å². The highest BCUT2D eigenvalue weighted by Gasteiger charge is 2.23. The van der Waals surface area contributed by atoms with Crippen LogP contribution in [0.3, 0.4) is 0 Å². The minimum Gasteiger partial charge on any atom is -0.490 e. The highest BCUT2D eigenvalue weighted by Crippen LogP contribution is 2.27. The third kappa shape index (κ3) is 4.72. The Morgan fingerprint density at radius 3 is 2.68 bits per heavy atom. The number of benzene rings is 2. The molecular weight excluding hydrogens is 374 g/mol. The van der Waals surface area contributed by atoms with E-state index >= 15 is 0 Å². The first-order chi connectivity index (χ1) is 13.5. The molecule has 2 aromatic rings. The van der Waals surface area contributed by atoms with Crippen LogP contribution < -0.4 is 15.4 Å². The van der Waals surface area contributed by atoms with Crippen LogP contribution in [0.15, 0.2) is 55.1 Å². The van der Waals surface area contributed by atoms with E-state index < -0.39 is 0 Å². The zero-order valence-electron chi connectivity index (χ0n) is 15.5. The molecule has 0 aromatic heterocycles. The molecule has 0 aliphatic heterocycles. The molecule has 2 atom stereocenters. The molecule has 5 nitrogen and oxygen atoms in total. The van der Waals surface area contributed by atoms with Gasteiger partial charge in [-0.25, -0.2) is 0 Å². The number of halogens is 1. The van der Waals surface area contributed by atoms with Gasteiger partial charge in [0.2, 0.25) is 0 Å². The zero-order chi connectivity index (χ0) is 20.1. The standard InChI is InChI=1S/C22H22ClN3O2/c1-2-22(27)26(14-15-3-10-21(23)16(11-15)13-24)18-5-8-19(9-6-18)28-20-7-4-17(25)12-20/h2-3,5-6,8-11,17,20H,1,4,7,12,14,25H2/t17-,20-/m1/s1. The number of nitrogens with two attached hydrogens (primary N) is 1. The lowest BCUT2D eigenvalue weighted by Crippen LogP contribution is -2.28. The summed E-state index contributed by atoms with van der Waals surface area (Å²) >= 11 is 5.99. The summed E-state index contributed by atoms with van der Waals surface area (Å²) in [5.41, 5.74) is 7.83. The summed E-state index contributed by atoms with van der Waals surface area (Å²) in [6.45, 7) is 3.89. The van der Waals surface area contributed by atoms with Crippen molar-refractivity contribution >= 4 is 23.2 Å². The molecule has 6 heteroatoms. The van der Waals surface area contributed by atoms with Crippen molar-refractivity contribution in [1.29, 1.82) is 5.26 Å². The molecular formula is C22H22ClN3O2. The Bertz CT molecular complexity index is 905. The van der Waals surface area contributed by atoms with Crippen molar-refractivity contribution in [2.75, 3.05) is 4.90 Å². The van der Waals surface area contributed by atoms with Gasteiger partial charge in [-0.1, -0.05) is 24.2 Å². The highest BCUT2D eigenvalue weighted by molar-refractivity contribution is 6.31. The molecule has 1 amide bonds. The predicted molar refractivity (Wildman–Crippen MR) is 110 cm³/mol. The molecule has 0 heterocycles. The summed E-state index contributed by atoms with van der Waals surface area (Å²) in [4.78, 5) is 14.0. The molecule has 0 spiro atoms. The Morgan fingerprint density at radius 2 is 2.07 bits per heavy atom. The lowest BCUT2D eigenvalue weighted by Gasteiger charge is -2.22. The predicted octanol–water partition coefficient (Wildman–Crippen LogP) is 4.19. The van der Waals surface area contributed by atoms with Crippen molar-refractivity contribution in [3.05, 3.63) is 71.3 Å². The maximum absolute atomic E-state index is 12.4. The number of amides is 1. The molecule has 1 aliphatic carbocycles. The Kier molecular flexibility index (Phi) is 6.35. The van der Waals surface area contributed by atoms with Crippen molar-refractivity contribution in [2.45, 2.75) is 38.0 Å². The van der Waals surface area contributed by atoms with Gasteiger partial charge >= 0.3 is 0 Å². The number of carbonyl (C=O) groups excluding carboxylic acids is 1. The van der Waals surface area contributed by atoms with Gasteiger partial charge in [0, 0.05) is 11.7 Å². The summed E-state index contributed by atoms with van der Waals surface area (Å²) in [7, 11) is 0. The van der Waals surface area contributed by atoms with Gasteiger partial charge in [0.25, 0.3) is 5.91 Å². The topological polar surface area (TPSA) is 79.3 Å². The molecule has 1 fully saturated rings. The van der Waals surface area contributed by atoms with E-state index in [1.807, 2.05) is 24.3 Å². The lowest BCUT2D eigenvalue weighted by atomic mass is 10.1. The van der Waals surface area contributed by atoms with E-state index in [0.29, 0.717) is 22.8 Å². The monoisotopic (exact) mass is 395 g/mol. The Hall–Kier alpha value is -2.81. The molecule has 1 saturated carbocycles. The number of anilines is 1. The summed E-state index contributed by atoms with van der Waals surface area (Å²) in [5.74, 6) is 0.524. The van der Waals surface area contributed by atoms with Crippen LogP contribution in [-0.2, 0) is 11.3 Å². The van der Waals surface area contributed by atoms with E-state index in [2.05, 4.69) is 12.6 Å². The summed E-state index contributed by atoms with van der Waals surface area (Å²) < 4.78 is 5.97. The average Bonchev–Trinajstić information content (AvgIpc) is 3.12. The summed E-state index contributed by atoms with van der Waals surface area (Å²) in [6, 6.07) is 14.8. The van der Waals surface area contributed by atoms with E-state index in [4.69, 9.17) is 27.3 Å². The van der Waals surface area contributed by atoms with E-state index in [0.717, 1.165) is 30.6 Å². The normalized spacial score (nSPS) is 18.3. The number of hydrogen-bond acceptors (Lipinski definition) is 4. The first kappa shape index (κ1) is 19.9. The fraction of sp³-hybridized carbons (Fsp3) is 0.273. The summed E-state index contributed by atoms with van der Waals surface area (Å²) in [6.07, 6.45) is 4.22. The van der Waals surface area contributed by atoms with Gasteiger partial charge in [0.1, 0.15) is 17.9 Å². The second kappa shape index (κ2) is 8.92. The Balaban J connectivity index is 1.77. The third-order valence-electron chi connectivity index (χ3n) is 4.81. The number of carbonyl (C=O) groups is 1. The lowest BCUT2D eigenvalue weighted by molar-refractivity contribution is -0.114. The van der Waals surface area contributed by atoms with E-state index in [9.17, 15) is 4.79 Å². The van der Waals surface area contributed by atoms with Gasteiger partial charge in [-0.2, -0.15) is 5.26 Å². The average molecular weight is 396 g/mol. The van der Waals surface area contributed by atoms with Gasteiger partial charge in [0.15, 0.2) is 0 Å². The van der Waals surface area contributed by atoms with Gasteiger partial charge < -0.3 is 15.4 Å². The number of rotatable bonds is 6. The first-order valence-corrected chi connectivity index (χ1v) is 9.52. The van der Waals surface area contributed by atoms with Crippen molar-refractivity contribution in [3.8, 4) is 11.8 Å². The molecule has 1 aliphatic rings. The number of nitriles is 1. The van der Waals surface area contributed by atoms with Crippen LogP contribution in [0, 0.1) is 11.3 Å². The SMILES string of the molecule is C=CC(=O)N(Cc1ccc(Cl)c(C#N)c1)c1ccc(O[C@@H]2CC[C@@H](N)C2)cc1. The molecule has 2 N–H and O–H groups in total. The van der Waals surface area contributed by atoms with Crippen LogP contribution in [0.4, 0.5) is 5.69 Å². The molecule has 0 saturated heterocycles. The third-order valence-corrected chi connectivity index (χ3v) is 5.14. The molecule has 28 heavy (non-hydrogen) atoms. The van der Waals surface area contributed by atoms with Gasteiger partial charge in [-0.15, -0.1) is 0 Å². The molecule has 144 valence electrons. The van der Waals surface area contributed by atoms with E-state index in [1.54, 1.807) is 23.1 Å². The smallest absolute Gasteiger partial charge is 0.250 e. The maximum atomic E-state index is 12.4. The minimum absolute atomic E-state index is 0.144. The number of ether oxygens (including phenoxy) is 1. The Morgan fingerprint density at radius 1 is 1.32 bits per heavy atom. The second-order valence-electron chi connectivity index (χ2n) is 6.86. The molecule has 0 radical (unpaired) electrons. The van der Waals surface area contributed by atoms with Gasteiger partial charge in [0.05, 0.1) is 17.1 Å². The van der Waals surface area contributed by atoms with Crippen molar-refractivity contribution in [3.63, 3.8) is 0 Å². The van der Waals surface area contributed by atoms with Crippen molar-refractivity contribution < 1.29 is 9.53 Å². The van der Waals surface area contributed by atoms with Gasteiger partial charge in [-0.05, 0) is 67.3 Å². The van der Waals surface area contributed by atoms with Crippen LogP contribution in [0.2, 0.25) is 5.02 Å². The number of hydrogen-bond donors (Lipinski definition) is 1. The highest BCUT2D eigenvalue weighted by atomic mass is 35.5. The zero-order valence-corrected chi connectivity index (χ0v) is 16.2. The minimum atomic E-state index is -0.233. The molecule has 2 aromatic carbocycles. The fourth-order valence-electron chi connectivity index (χ4n) is 3.32. The van der Waals surface area contributed by atoms with Crippen LogP contribution in [-0.4, -0.2) is 18.1 Å². The van der Waals surface area contributed by atoms with Crippen LogP contribution >= 0.6 is 11.6 Å². The largest absolute Gasteiger partial charge is 0.490 e. The Labute approximate surface area is 170 Å². The van der Waals surface area contributed by atoms with Crippen molar-refractivity contribution in [1.82, 2.24) is 0 Å². The number of nitrogens with zero attached hydrogens (tertiary/aromatic N) is 2. The summed E-state index contributed by atoms with van der Waals surface area (Å²) in [5, 5.41) is 9.55. The molecule has 3 rings (SSSR count). The van der Waals surface area contributed by atoms with Crippen LogP contribution in [0.1, 0.15) is 30.4 Å². The first-order valence-electron chi connectivity index (χ1n) is 9.15. The van der Waals surface area contributed by atoms with Crippen molar-refractivity contribution in [2.24, 2.45) is 5.73 Å². The van der Waals surface area contributed by atoms with E-state index in [1.165, 1.54) is 6.08 Å². The quantitative estimate of drug-likeness (QED) is 0.744. The van der Waals surface area contributed by atoms with Crippen LogP contribution in [0.25, 0.3) is 0 Å². The fourth-order valence-corrected chi connectivity index (χ4v) is 3.48. The van der Waals surface area contributed by atoms with Gasteiger partial charge in [-0.3, -0.25) is 4.79 Å². The molecule has 0 unspecified atom stereocenters. The van der Waals surface area contributed by atoms with Crippen LogP contribution in [0.5, 0.6) is 5.75 Å². The maximum Gasteiger partial charge on any atom is 0.250 e. The second-order valence-corrected chi connectivity index (χ2v) is 7.27. The molecule has 0 bridgehead atoms.